The number of benzene rings is 1. The van der Waals surface area contributed by atoms with Gasteiger partial charge in [-0.3, -0.25) is 9.79 Å². The van der Waals surface area contributed by atoms with Gasteiger partial charge in [0.05, 0.1) is 12.2 Å². The van der Waals surface area contributed by atoms with Gasteiger partial charge in [0.1, 0.15) is 17.8 Å². The van der Waals surface area contributed by atoms with E-state index >= 15 is 0 Å². The fourth-order valence-corrected chi connectivity index (χ4v) is 4.46. The molecule has 5 rings (SSSR count). The minimum atomic E-state index is -0.197. The van der Waals surface area contributed by atoms with Crippen molar-refractivity contribution in [2.75, 3.05) is 16.8 Å². The third-order valence-electron chi connectivity index (χ3n) is 6.27. The maximum atomic E-state index is 12.9. The number of amides is 1. The quantitative estimate of drug-likeness (QED) is 0.803. The van der Waals surface area contributed by atoms with Crippen molar-refractivity contribution < 1.29 is 4.79 Å². The van der Waals surface area contributed by atoms with Crippen LogP contribution in [0.3, 0.4) is 0 Å². The molecule has 2 saturated carbocycles. The topological polar surface area (TPSA) is 70.5 Å². The smallest absolute Gasteiger partial charge is 0.274 e. The van der Waals surface area contributed by atoms with E-state index in [1.165, 1.54) is 51.3 Å². The Morgan fingerprint density at radius 1 is 1.10 bits per heavy atom. The lowest BCUT2D eigenvalue weighted by molar-refractivity contribution is 0.102. The Balaban J connectivity index is 1.37. The molecular weight excluding hydrogens is 362 g/mol. The second-order valence-electron chi connectivity index (χ2n) is 8.45. The monoisotopic (exact) mass is 389 g/mol. The van der Waals surface area contributed by atoms with Gasteiger partial charge in [-0.2, -0.15) is 0 Å². The third-order valence-corrected chi connectivity index (χ3v) is 6.27. The average Bonchev–Trinajstić information content (AvgIpc) is 3.46. The molecule has 150 valence electrons. The van der Waals surface area contributed by atoms with Gasteiger partial charge < -0.3 is 10.2 Å². The number of hydrogen-bond acceptors (Lipinski definition) is 5. The zero-order valence-electron chi connectivity index (χ0n) is 16.7. The third kappa shape index (κ3) is 4.02. The van der Waals surface area contributed by atoms with Crippen molar-refractivity contribution in [2.24, 2.45) is 10.9 Å². The molecule has 6 heteroatoms. The summed E-state index contributed by atoms with van der Waals surface area (Å²) in [5, 5.41) is 3.02. The Kier molecular flexibility index (Phi) is 5.00. The molecular formula is C23H27N5O. The lowest BCUT2D eigenvalue weighted by atomic mass is 9.94. The van der Waals surface area contributed by atoms with E-state index in [9.17, 15) is 4.79 Å². The molecule has 2 aliphatic carbocycles. The van der Waals surface area contributed by atoms with Crippen molar-refractivity contribution in [2.45, 2.75) is 57.5 Å². The molecule has 0 bridgehead atoms. The highest BCUT2D eigenvalue weighted by atomic mass is 16.1. The van der Waals surface area contributed by atoms with E-state index in [0.29, 0.717) is 18.3 Å². The van der Waals surface area contributed by atoms with Crippen molar-refractivity contribution in [1.29, 1.82) is 0 Å². The highest BCUT2D eigenvalue weighted by Crippen LogP contribution is 2.34. The van der Waals surface area contributed by atoms with Crippen LogP contribution in [0.15, 0.2) is 35.6 Å². The number of nitrogens with zero attached hydrogens (tertiary/aromatic N) is 4. The van der Waals surface area contributed by atoms with E-state index in [1.54, 1.807) is 0 Å². The molecule has 1 aromatic carbocycles. The van der Waals surface area contributed by atoms with Gasteiger partial charge in [0.15, 0.2) is 0 Å². The number of anilines is 2. The first kappa shape index (κ1) is 18.3. The van der Waals surface area contributed by atoms with Gasteiger partial charge in [-0.1, -0.05) is 31.4 Å². The molecule has 1 aliphatic heterocycles. The van der Waals surface area contributed by atoms with E-state index in [-0.39, 0.29) is 5.91 Å². The molecule has 2 aromatic rings. The molecule has 29 heavy (non-hydrogen) atoms. The van der Waals surface area contributed by atoms with E-state index in [1.807, 2.05) is 30.5 Å². The van der Waals surface area contributed by atoms with Gasteiger partial charge in [-0.15, -0.1) is 0 Å². The lowest BCUT2D eigenvalue weighted by Gasteiger charge is -2.35. The van der Waals surface area contributed by atoms with Crippen LogP contribution < -0.4 is 10.2 Å². The Morgan fingerprint density at radius 3 is 2.79 bits per heavy atom. The largest absolute Gasteiger partial charge is 0.353 e. The number of nitrogens with one attached hydrogen (secondary N) is 1. The van der Waals surface area contributed by atoms with Crippen LogP contribution >= 0.6 is 0 Å². The summed E-state index contributed by atoms with van der Waals surface area (Å²) >= 11 is 0. The molecule has 0 atom stereocenters. The highest BCUT2D eigenvalue weighted by molar-refractivity contribution is 6.06. The molecule has 0 unspecified atom stereocenters. The maximum absolute atomic E-state index is 12.9. The number of carbonyl (C=O) groups is 1. The minimum absolute atomic E-state index is 0.197. The van der Waals surface area contributed by atoms with Gasteiger partial charge in [0.2, 0.25) is 0 Å². The second kappa shape index (κ2) is 7.93. The van der Waals surface area contributed by atoms with Crippen LogP contribution in [0.25, 0.3) is 0 Å². The van der Waals surface area contributed by atoms with Crippen molar-refractivity contribution in [1.82, 2.24) is 9.97 Å². The van der Waals surface area contributed by atoms with Crippen LogP contribution in [0.5, 0.6) is 0 Å². The predicted octanol–water partition coefficient (Wildman–Crippen LogP) is 4.21. The van der Waals surface area contributed by atoms with Gasteiger partial charge in [0, 0.05) is 30.4 Å². The van der Waals surface area contributed by atoms with Crippen molar-refractivity contribution in [3.05, 3.63) is 47.4 Å². The number of aliphatic imine (C=N–C) groups is 1. The normalized spacial score (nSPS) is 18.5. The molecule has 0 radical (unpaired) electrons. The van der Waals surface area contributed by atoms with E-state index in [2.05, 4.69) is 25.2 Å². The van der Waals surface area contributed by atoms with Gasteiger partial charge in [0.25, 0.3) is 5.91 Å². The minimum Gasteiger partial charge on any atom is -0.353 e. The van der Waals surface area contributed by atoms with E-state index in [0.717, 1.165) is 35.1 Å². The number of carbonyl (C=O) groups excluding carboxylic acids is 1. The van der Waals surface area contributed by atoms with Crippen molar-refractivity contribution >= 4 is 23.6 Å². The summed E-state index contributed by atoms with van der Waals surface area (Å²) in [4.78, 5) is 28.5. The number of aromatic nitrogens is 2. The fraction of sp³-hybridized carbons (Fsp3) is 0.478. The zero-order chi connectivity index (χ0) is 19.6. The number of hydrogen-bond donors (Lipinski definition) is 1. The standard InChI is InChI=1S/C23H27N5O/c29-23(27-20-8-4-5-17-12-24-13-19(17)20)21-11-22(26-15-25-21)28(14-16-9-10-16)18-6-2-1-3-7-18/h4-5,8,11,13,15-16,18H,1-3,6-7,9-10,12,14H2,(H,27,29). The van der Waals surface area contributed by atoms with Gasteiger partial charge in [-0.25, -0.2) is 9.97 Å². The van der Waals surface area contributed by atoms with Gasteiger partial charge >= 0.3 is 0 Å². The van der Waals surface area contributed by atoms with Crippen LogP contribution in [0.2, 0.25) is 0 Å². The molecule has 0 saturated heterocycles. The Bertz CT molecular complexity index is 931. The van der Waals surface area contributed by atoms with Crippen molar-refractivity contribution in [3.8, 4) is 0 Å². The first-order valence-electron chi connectivity index (χ1n) is 10.8. The SMILES string of the molecule is O=C(Nc1cccc2c1C=NC2)c1cc(N(CC2CC2)C2CCCCC2)ncn1. The lowest BCUT2D eigenvalue weighted by Crippen LogP contribution is -2.39. The molecule has 6 nitrogen and oxygen atoms in total. The second-order valence-corrected chi connectivity index (χ2v) is 8.45. The Labute approximate surface area is 171 Å². The molecule has 1 amide bonds. The number of fused-ring (bicyclic) bond motifs is 1. The van der Waals surface area contributed by atoms with Crippen LogP contribution in [0.4, 0.5) is 11.5 Å². The summed E-state index contributed by atoms with van der Waals surface area (Å²) in [6.45, 7) is 1.72. The zero-order valence-corrected chi connectivity index (χ0v) is 16.7. The van der Waals surface area contributed by atoms with Crippen LogP contribution in [0.1, 0.15) is 66.6 Å². The highest BCUT2D eigenvalue weighted by Gasteiger charge is 2.30. The Hall–Kier alpha value is -2.76. The summed E-state index contributed by atoms with van der Waals surface area (Å²) in [6, 6.07) is 8.31. The van der Waals surface area contributed by atoms with Gasteiger partial charge in [-0.05, 0) is 43.2 Å². The molecule has 1 N–H and O–H groups in total. The molecule has 2 heterocycles. The van der Waals surface area contributed by atoms with Crippen LogP contribution in [0, 0.1) is 5.92 Å². The molecule has 3 aliphatic rings. The van der Waals surface area contributed by atoms with E-state index in [4.69, 9.17) is 0 Å². The summed E-state index contributed by atoms with van der Waals surface area (Å²) < 4.78 is 0. The first-order chi connectivity index (χ1) is 14.3. The fourth-order valence-electron chi connectivity index (χ4n) is 4.46. The molecule has 1 aromatic heterocycles. The summed E-state index contributed by atoms with van der Waals surface area (Å²) in [7, 11) is 0. The number of rotatable bonds is 6. The molecule has 0 spiro atoms. The average molecular weight is 390 g/mol. The van der Waals surface area contributed by atoms with E-state index < -0.39 is 0 Å². The summed E-state index contributed by atoms with van der Waals surface area (Å²) in [5.41, 5.74) is 3.34. The predicted molar refractivity (Wildman–Crippen MR) is 115 cm³/mol. The maximum Gasteiger partial charge on any atom is 0.274 e. The Morgan fingerprint density at radius 2 is 1.97 bits per heavy atom. The van der Waals surface area contributed by atoms with Crippen LogP contribution in [-0.4, -0.2) is 34.7 Å². The molecule has 2 fully saturated rings. The van der Waals surface area contributed by atoms with Crippen LogP contribution in [-0.2, 0) is 6.54 Å². The van der Waals surface area contributed by atoms with Crippen molar-refractivity contribution in [3.63, 3.8) is 0 Å². The summed E-state index contributed by atoms with van der Waals surface area (Å²) in [5.74, 6) is 1.47. The first-order valence-corrected chi connectivity index (χ1v) is 10.8. The summed E-state index contributed by atoms with van der Waals surface area (Å²) in [6.07, 6.45) is 12.3.